The topological polar surface area (TPSA) is 105 Å². The first kappa shape index (κ1) is 14.4. The lowest BCUT2D eigenvalue weighted by Crippen LogP contribution is -1.96. The summed E-state index contributed by atoms with van der Waals surface area (Å²) in [4.78, 5) is 15.7. The number of aromatic nitrogens is 3. The Balaban J connectivity index is 1.92. The van der Waals surface area contributed by atoms with E-state index in [0.29, 0.717) is 5.82 Å². The van der Waals surface area contributed by atoms with Crippen molar-refractivity contribution < 1.29 is 9.90 Å². The van der Waals surface area contributed by atoms with Gasteiger partial charge in [-0.1, -0.05) is 12.1 Å². The molecule has 0 radical (unpaired) electrons. The fraction of sp³-hybridized carbons (Fsp3) is 0. The zero-order valence-corrected chi connectivity index (χ0v) is 13.2. The molecule has 0 spiro atoms. The Hall–Kier alpha value is -3.19. The quantitative estimate of drug-likeness (QED) is 0.530. The molecule has 0 amide bonds. The van der Waals surface area contributed by atoms with Crippen molar-refractivity contribution in [2.24, 2.45) is 0 Å². The molecule has 3 aromatic heterocycles. The number of hydrogen-bond donors (Lipinski definition) is 3. The van der Waals surface area contributed by atoms with E-state index in [1.54, 1.807) is 35.6 Å². The van der Waals surface area contributed by atoms with Crippen LogP contribution in [0.4, 0.5) is 5.82 Å². The number of aromatic carboxylic acids is 1. The summed E-state index contributed by atoms with van der Waals surface area (Å²) >= 11 is 1.58. The molecule has 0 saturated carbocycles. The number of aromatic amines is 1. The largest absolute Gasteiger partial charge is 0.478 e. The van der Waals surface area contributed by atoms with Crippen LogP contribution in [0.5, 0.6) is 0 Å². The summed E-state index contributed by atoms with van der Waals surface area (Å²) in [6.45, 7) is 0. The van der Waals surface area contributed by atoms with Crippen LogP contribution < -0.4 is 5.73 Å². The van der Waals surface area contributed by atoms with Crippen LogP contribution >= 0.6 is 11.3 Å². The zero-order chi connectivity index (χ0) is 16.7. The molecule has 118 valence electrons. The Labute approximate surface area is 140 Å². The van der Waals surface area contributed by atoms with Crippen LogP contribution in [-0.4, -0.2) is 26.3 Å². The van der Waals surface area contributed by atoms with Gasteiger partial charge in [-0.25, -0.2) is 9.78 Å². The van der Waals surface area contributed by atoms with Gasteiger partial charge in [0, 0.05) is 16.5 Å². The molecule has 0 unspecified atom stereocenters. The Kier molecular flexibility index (Phi) is 3.28. The average Bonchev–Trinajstić information content (AvgIpc) is 3.25. The maximum absolute atomic E-state index is 11.0. The molecule has 0 saturated heterocycles. The monoisotopic (exact) mass is 336 g/mol. The molecule has 3 heterocycles. The molecule has 4 N–H and O–H groups in total. The number of fused-ring (bicyclic) bond motifs is 1. The second kappa shape index (κ2) is 5.47. The number of hydrogen-bond acceptors (Lipinski definition) is 5. The van der Waals surface area contributed by atoms with E-state index in [1.807, 2.05) is 22.9 Å². The minimum atomic E-state index is -0.953. The molecular weight excluding hydrogens is 324 g/mol. The van der Waals surface area contributed by atoms with Gasteiger partial charge in [0.05, 0.1) is 27.9 Å². The number of nitrogens with zero attached hydrogens (tertiary/aromatic N) is 2. The molecule has 24 heavy (non-hydrogen) atoms. The number of carboxylic acids is 1. The molecule has 0 aliphatic rings. The fourth-order valence-electron chi connectivity index (χ4n) is 2.61. The molecule has 1 aromatic carbocycles. The van der Waals surface area contributed by atoms with Crippen LogP contribution in [0.15, 0.2) is 47.2 Å². The fourth-order valence-corrected chi connectivity index (χ4v) is 3.25. The van der Waals surface area contributed by atoms with Crippen molar-refractivity contribution in [2.45, 2.75) is 0 Å². The lowest BCUT2D eigenvalue weighted by Gasteiger charge is -2.07. The van der Waals surface area contributed by atoms with Gasteiger partial charge < -0.3 is 10.8 Å². The van der Waals surface area contributed by atoms with Crippen molar-refractivity contribution >= 4 is 34.0 Å². The van der Waals surface area contributed by atoms with Crippen molar-refractivity contribution in [3.63, 3.8) is 0 Å². The second-order valence-electron chi connectivity index (χ2n) is 5.28. The van der Waals surface area contributed by atoms with Crippen molar-refractivity contribution in [1.29, 1.82) is 0 Å². The predicted molar refractivity (Wildman–Crippen MR) is 94.0 cm³/mol. The summed E-state index contributed by atoms with van der Waals surface area (Å²) in [5, 5.41) is 20.8. The van der Waals surface area contributed by atoms with E-state index < -0.39 is 5.97 Å². The average molecular weight is 336 g/mol. The SMILES string of the molecule is Nc1n[nH]c2cc(-c3ccc(C(=O)O)cc3)nc(-c3ccsc3)c12. The van der Waals surface area contributed by atoms with Gasteiger partial charge in [-0.3, -0.25) is 5.10 Å². The smallest absolute Gasteiger partial charge is 0.335 e. The molecular formula is C17H12N4O2S. The first-order chi connectivity index (χ1) is 11.6. The first-order valence-electron chi connectivity index (χ1n) is 7.14. The maximum Gasteiger partial charge on any atom is 0.335 e. The highest BCUT2D eigenvalue weighted by Crippen LogP contribution is 2.34. The third-order valence-electron chi connectivity index (χ3n) is 3.79. The van der Waals surface area contributed by atoms with Crippen LogP contribution in [0.1, 0.15) is 10.4 Å². The Morgan fingerprint density at radius 1 is 1.17 bits per heavy atom. The molecule has 4 aromatic rings. The van der Waals surface area contributed by atoms with Gasteiger partial charge in [-0.05, 0) is 29.6 Å². The Morgan fingerprint density at radius 2 is 1.96 bits per heavy atom. The molecule has 0 aliphatic heterocycles. The predicted octanol–water partition coefficient (Wildman–Crippen LogP) is 3.63. The number of pyridine rings is 1. The highest BCUT2D eigenvalue weighted by Gasteiger charge is 2.15. The van der Waals surface area contributed by atoms with Crippen molar-refractivity contribution in [3.8, 4) is 22.5 Å². The van der Waals surface area contributed by atoms with Gasteiger partial charge in [-0.15, -0.1) is 0 Å². The van der Waals surface area contributed by atoms with Gasteiger partial charge in [-0.2, -0.15) is 16.4 Å². The molecule has 0 aliphatic carbocycles. The van der Waals surface area contributed by atoms with Crippen molar-refractivity contribution in [3.05, 3.63) is 52.7 Å². The number of anilines is 1. The van der Waals surface area contributed by atoms with E-state index in [2.05, 4.69) is 10.2 Å². The van der Waals surface area contributed by atoms with Gasteiger partial charge in [0.2, 0.25) is 0 Å². The van der Waals surface area contributed by atoms with Gasteiger partial charge in [0.25, 0.3) is 0 Å². The lowest BCUT2D eigenvalue weighted by molar-refractivity contribution is 0.0697. The van der Waals surface area contributed by atoms with Gasteiger partial charge >= 0.3 is 5.97 Å². The van der Waals surface area contributed by atoms with E-state index in [4.69, 9.17) is 15.8 Å². The summed E-state index contributed by atoms with van der Waals surface area (Å²) in [6, 6.07) is 10.5. The molecule has 0 atom stereocenters. The minimum Gasteiger partial charge on any atom is -0.478 e. The number of nitrogens with one attached hydrogen (secondary N) is 1. The van der Waals surface area contributed by atoms with Crippen LogP contribution in [0.2, 0.25) is 0 Å². The van der Waals surface area contributed by atoms with Crippen molar-refractivity contribution in [2.75, 3.05) is 5.73 Å². The number of carboxylic acid groups (broad SMARTS) is 1. The van der Waals surface area contributed by atoms with Crippen LogP contribution in [0.3, 0.4) is 0 Å². The number of carbonyl (C=O) groups is 1. The number of nitrogen functional groups attached to an aromatic ring is 1. The summed E-state index contributed by atoms with van der Waals surface area (Å²) in [5.74, 6) is -0.545. The minimum absolute atomic E-state index is 0.240. The van der Waals surface area contributed by atoms with E-state index in [-0.39, 0.29) is 5.56 Å². The van der Waals surface area contributed by atoms with E-state index >= 15 is 0 Å². The Bertz CT molecular complexity index is 1040. The van der Waals surface area contributed by atoms with Gasteiger partial charge in [0.1, 0.15) is 0 Å². The second-order valence-corrected chi connectivity index (χ2v) is 6.06. The highest BCUT2D eigenvalue weighted by atomic mass is 32.1. The molecule has 4 rings (SSSR count). The standard InChI is InChI=1S/C17H12N4O2S/c18-16-14-13(20-21-16)7-12(19-15(14)11-5-6-24-8-11)9-1-3-10(4-2-9)17(22)23/h1-8H,(H,22,23)(H3,18,20,21). The summed E-state index contributed by atoms with van der Waals surface area (Å²) in [5.41, 5.74) is 10.3. The zero-order valence-electron chi connectivity index (χ0n) is 12.4. The lowest BCUT2D eigenvalue weighted by atomic mass is 10.0. The number of rotatable bonds is 3. The number of H-pyrrole nitrogens is 1. The van der Waals surface area contributed by atoms with Gasteiger partial charge in [0.15, 0.2) is 5.82 Å². The first-order valence-corrected chi connectivity index (χ1v) is 8.08. The summed E-state index contributed by atoms with van der Waals surface area (Å²) < 4.78 is 0. The molecule has 0 bridgehead atoms. The van der Waals surface area contributed by atoms with Crippen molar-refractivity contribution in [1.82, 2.24) is 15.2 Å². The Morgan fingerprint density at radius 3 is 2.62 bits per heavy atom. The maximum atomic E-state index is 11.0. The van der Waals surface area contributed by atoms with Crippen LogP contribution in [0, 0.1) is 0 Å². The number of benzene rings is 1. The number of nitrogens with two attached hydrogens (primary N) is 1. The van der Waals surface area contributed by atoms with E-state index in [1.165, 1.54) is 0 Å². The highest BCUT2D eigenvalue weighted by molar-refractivity contribution is 7.08. The summed E-state index contributed by atoms with van der Waals surface area (Å²) in [7, 11) is 0. The van der Waals surface area contributed by atoms with E-state index in [0.717, 1.165) is 33.4 Å². The normalized spacial score (nSPS) is 11.0. The third-order valence-corrected chi connectivity index (χ3v) is 4.48. The summed E-state index contributed by atoms with van der Waals surface area (Å²) in [6.07, 6.45) is 0. The van der Waals surface area contributed by atoms with Crippen LogP contribution in [0.25, 0.3) is 33.4 Å². The third kappa shape index (κ3) is 2.31. The van der Waals surface area contributed by atoms with E-state index in [9.17, 15) is 4.79 Å². The number of thiophene rings is 1. The van der Waals surface area contributed by atoms with Crippen LogP contribution in [-0.2, 0) is 0 Å². The molecule has 6 nitrogen and oxygen atoms in total. The molecule has 0 fully saturated rings. The molecule has 7 heteroatoms.